The predicted octanol–water partition coefficient (Wildman–Crippen LogP) is 1.08. The zero-order valence-electron chi connectivity index (χ0n) is 12.5. The summed E-state index contributed by atoms with van der Waals surface area (Å²) >= 11 is 0. The number of nitrogens with one attached hydrogen (secondary N) is 2. The van der Waals surface area contributed by atoms with Gasteiger partial charge in [-0.3, -0.25) is 4.79 Å². The minimum Gasteiger partial charge on any atom is -0.378 e. The molecular formula is C15H28N2O3. The van der Waals surface area contributed by atoms with E-state index in [0.29, 0.717) is 12.6 Å². The fraction of sp³-hybridized carbons (Fsp3) is 0.933. The molecule has 0 aliphatic carbocycles. The first-order valence-corrected chi connectivity index (χ1v) is 8.03. The summed E-state index contributed by atoms with van der Waals surface area (Å²) < 4.78 is 11.4. The molecule has 2 fully saturated rings. The molecule has 0 bridgehead atoms. The van der Waals surface area contributed by atoms with Crippen LogP contribution in [0.5, 0.6) is 0 Å². The van der Waals surface area contributed by atoms with E-state index in [1.807, 2.05) is 0 Å². The molecular weight excluding hydrogens is 256 g/mol. The minimum atomic E-state index is 0.0466. The number of carbonyl (C=O) groups excluding carboxylic acids is 1. The molecule has 2 heterocycles. The average Bonchev–Trinajstić information content (AvgIpc) is 2.96. The number of rotatable bonds is 7. The molecule has 2 atom stereocenters. The van der Waals surface area contributed by atoms with Gasteiger partial charge in [-0.1, -0.05) is 6.92 Å². The molecule has 2 unspecified atom stereocenters. The molecule has 5 heteroatoms. The molecule has 0 aromatic rings. The first-order valence-electron chi connectivity index (χ1n) is 8.03. The molecule has 0 aromatic carbocycles. The van der Waals surface area contributed by atoms with Crippen LogP contribution >= 0.6 is 0 Å². The normalized spacial score (nSPS) is 27.6. The standard InChI is InChI=1S/C15H28N2O3/c1-2-14-13(6-11-20-14)15(18)17-7-3-10-19-12-4-8-16-9-5-12/h12-14,16H,2-11H2,1H3,(H,17,18). The van der Waals surface area contributed by atoms with E-state index in [1.54, 1.807) is 0 Å². The number of carbonyl (C=O) groups is 1. The van der Waals surface area contributed by atoms with E-state index in [1.165, 1.54) is 0 Å². The van der Waals surface area contributed by atoms with Gasteiger partial charge in [-0.05, 0) is 45.2 Å². The molecule has 0 radical (unpaired) electrons. The van der Waals surface area contributed by atoms with Crippen molar-refractivity contribution in [3.05, 3.63) is 0 Å². The van der Waals surface area contributed by atoms with Gasteiger partial charge in [0.2, 0.25) is 5.91 Å². The number of amides is 1. The molecule has 2 saturated heterocycles. The Balaban J connectivity index is 1.53. The summed E-state index contributed by atoms with van der Waals surface area (Å²) in [4.78, 5) is 12.0. The maximum Gasteiger partial charge on any atom is 0.225 e. The van der Waals surface area contributed by atoms with Crippen molar-refractivity contribution in [3.8, 4) is 0 Å². The second-order valence-electron chi connectivity index (χ2n) is 5.68. The monoisotopic (exact) mass is 284 g/mol. The molecule has 20 heavy (non-hydrogen) atoms. The lowest BCUT2D eigenvalue weighted by Gasteiger charge is -2.23. The first-order chi connectivity index (χ1) is 9.81. The topological polar surface area (TPSA) is 59.6 Å². The predicted molar refractivity (Wildman–Crippen MR) is 77.6 cm³/mol. The third-order valence-electron chi connectivity index (χ3n) is 4.21. The van der Waals surface area contributed by atoms with Crippen LogP contribution in [-0.4, -0.2) is 51.0 Å². The van der Waals surface area contributed by atoms with Crippen LogP contribution in [0.2, 0.25) is 0 Å². The SMILES string of the molecule is CCC1OCCC1C(=O)NCCCOC1CCNCC1. The summed E-state index contributed by atoms with van der Waals surface area (Å²) in [6.45, 7) is 6.35. The summed E-state index contributed by atoms with van der Waals surface area (Å²) in [5.41, 5.74) is 0. The lowest BCUT2D eigenvalue weighted by Crippen LogP contribution is -2.36. The van der Waals surface area contributed by atoms with Crippen LogP contribution in [-0.2, 0) is 14.3 Å². The van der Waals surface area contributed by atoms with Crippen molar-refractivity contribution < 1.29 is 14.3 Å². The third-order valence-corrected chi connectivity index (χ3v) is 4.21. The summed E-state index contributed by atoms with van der Waals surface area (Å²) in [7, 11) is 0. The van der Waals surface area contributed by atoms with Gasteiger partial charge in [-0.15, -0.1) is 0 Å². The summed E-state index contributed by atoms with van der Waals surface area (Å²) in [5, 5.41) is 6.34. The minimum absolute atomic E-state index is 0.0466. The molecule has 1 amide bonds. The van der Waals surface area contributed by atoms with Crippen LogP contribution in [0.15, 0.2) is 0 Å². The lowest BCUT2D eigenvalue weighted by atomic mass is 9.99. The van der Waals surface area contributed by atoms with Gasteiger partial charge in [-0.2, -0.15) is 0 Å². The van der Waals surface area contributed by atoms with Gasteiger partial charge in [0.05, 0.1) is 18.1 Å². The van der Waals surface area contributed by atoms with Crippen molar-refractivity contribution in [2.45, 2.75) is 51.2 Å². The Morgan fingerprint density at radius 3 is 2.90 bits per heavy atom. The second kappa shape index (κ2) is 8.60. The smallest absolute Gasteiger partial charge is 0.225 e. The highest BCUT2D eigenvalue weighted by molar-refractivity contribution is 5.79. The molecule has 2 rings (SSSR count). The third kappa shape index (κ3) is 4.72. The van der Waals surface area contributed by atoms with Crippen molar-refractivity contribution in [2.75, 3.05) is 32.8 Å². The van der Waals surface area contributed by atoms with Crippen molar-refractivity contribution >= 4 is 5.91 Å². The van der Waals surface area contributed by atoms with Gasteiger partial charge in [0.25, 0.3) is 0 Å². The first kappa shape index (κ1) is 15.7. The van der Waals surface area contributed by atoms with Crippen LogP contribution in [0.4, 0.5) is 0 Å². The molecule has 2 aliphatic rings. The molecule has 0 spiro atoms. The van der Waals surface area contributed by atoms with Gasteiger partial charge < -0.3 is 20.1 Å². The van der Waals surface area contributed by atoms with Crippen LogP contribution in [0.1, 0.15) is 39.0 Å². The highest BCUT2D eigenvalue weighted by Gasteiger charge is 2.32. The van der Waals surface area contributed by atoms with Gasteiger partial charge in [0.1, 0.15) is 0 Å². The molecule has 116 valence electrons. The van der Waals surface area contributed by atoms with E-state index >= 15 is 0 Å². The van der Waals surface area contributed by atoms with E-state index in [2.05, 4.69) is 17.6 Å². The van der Waals surface area contributed by atoms with Crippen molar-refractivity contribution in [1.29, 1.82) is 0 Å². The number of piperidine rings is 1. The Morgan fingerprint density at radius 2 is 2.15 bits per heavy atom. The van der Waals surface area contributed by atoms with Crippen LogP contribution in [0.25, 0.3) is 0 Å². The largest absolute Gasteiger partial charge is 0.378 e. The van der Waals surface area contributed by atoms with Crippen LogP contribution in [0.3, 0.4) is 0 Å². The quantitative estimate of drug-likeness (QED) is 0.687. The average molecular weight is 284 g/mol. The van der Waals surface area contributed by atoms with E-state index < -0.39 is 0 Å². The van der Waals surface area contributed by atoms with E-state index in [9.17, 15) is 4.79 Å². The molecule has 0 aromatic heterocycles. The lowest BCUT2D eigenvalue weighted by molar-refractivity contribution is -0.126. The van der Waals surface area contributed by atoms with E-state index in [0.717, 1.165) is 58.4 Å². The summed E-state index contributed by atoms with van der Waals surface area (Å²) in [5.74, 6) is 0.196. The molecule has 2 N–H and O–H groups in total. The van der Waals surface area contributed by atoms with E-state index in [-0.39, 0.29) is 17.9 Å². The molecule has 0 saturated carbocycles. The van der Waals surface area contributed by atoms with Gasteiger partial charge in [0.15, 0.2) is 0 Å². The Labute approximate surface area is 121 Å². The number of ether oxygens (including phenoxy) is 2. The van der Waals surface area contributed by atoms with Crippen molar-refractivity contribution in [2.24, 2.45) is 5.92 Å². The highest BCUT2D eigenvalue weighted by atomic mass is 16.5. The van der Waals surface area contributed by atoms with Crippen LogP contribution < -0.4 is 10.6 Å². The summed E-state index contributed by atoms with van der Waals surface area (Å²) in [6, 6.07) is 0. The molecule has 2 aliphatic heterocycles. The fourth-order valence-corrected chi connectivity index (χ4v) is 2.98. The number of hydrogen-bond acceptors (Lipinski definition) is 4. The molecule has 5 nitrogen and oxygen atoms in total. The Bertz CT molecular complexity index is 293. The Morgan fingerprint density at radius 1 is 1.35 bits per heavy atom. The van der Waals surface area contributed by atoms with Gasteiger partial charge in [0, 0.05) is 19.8 Å². The zero-order valence-corrected chi connectivity index (χ0v) is 12.5. The highest BCUT2D eigenvalue weighted by Crippen LogP contribution is 2.23. The Hall–Kier alpha value is -0.650. The summed E-state index contributed by atoms with van der Waals surface area (Å²) in [6.07, 6.45) is 5.38. The maximum atomic E-state index is 12.0. The van der Waals surface area contributed by atoms with Crippen LogP contribution in [0, 0.1) is 5.92 Å². The van der Waals surface area contributed by atoms with Gasteiger partial charge in [-0.25, -0.2) is 0 Å². The fourth-order valence-electron chi connectivity index (χ4n) is 2.98. The second-order valence-corrected chi connectivity index (χ2v) is 5.68. The zero-order chi connectivity index (χ0) is 14.2. The maximum absolute atomic E-state index is 12.0. The van der Waals surface area contributed by atoms with Crippen molar-refractivity contribution in [3.63, 3.8) is 0 Å². The van der Waals surface area contributed by atoms with Gasteiger partial charge >= 0.3 is 0 Å². The van der Waals surface area contributed by atoms with E-state index in [4.69, 9.17) is 9.47 Å². The van der Waals surface area contributed by atoms with Crippen molar-refractivity contribution in [1.82, 2.24) is 10.6 Å². The Kier molecular flexibility index (Phi) is 6.76. The number of hydrogen-bond donors (Lipinski definition) is 2.